The molecule has 0 spiro atoms. The third kappa shape index (κ3) is 7.99. The molecule has 0 saturated heterocycles. The lowest BCUT2D eigenvalue weighted by Crippen LogP contribution is -2.36. The quantitative estimate of drug-likeness (QED) is 0.0847. The number of carbonyl (C=O) groups excluding carboxylic acids is 2. The highest BCUT2D eigenvalue weighted by molar-refractivity contribution is 5.83. The molecule has 0 radical (unpaired) electrons. The summed E-state index contributed by atoms with van der Waals surface area (Å²) in [6.45, 7) is 6.74. The van der Waals surface area contributed by atoms with Crippen molar-refractivity contribution >= 4 is 23.0 Å². The first-order valence-electron chi connectivity index (χ1n) is 17.1. The second-order valence-corrected chi connectivity index (χ2v) is 13.8. The number of nitrogens with zero attached hydrogens (tertiary/aromatic N) is 5. The molecule has 6 rings (SSSR count). The number of alkyl halides is 3. The van der Waals surface area contributed by atoms with E-state index in [0.717, 1.165) is 35.9 Å². The molecule has 51 heavy (non-hydrogen) atoms. The van der Waals surface area contributed by atoms with Gasteiger partial charge in [-0.15, -0.1) is 16.7 Å². The number of hydrogen-bond acceptors (Lipinski definition) is 8. The number of esters is 2. The summed E-state index contributed by atoms with van der Waals surface area (Å²) in [4.78, 5) is 32.8. The highest BCUT2D eigenvalue weighted by atomic mass is 19.4. The smallest absolute Gasteiger partial charge is 0.442 e. The summed E-state index contributed by atoms with van der Waals surface area (Å²) in [7, 11) is 0. The molecule has 1 aromatic heterocycles. The Balaban J connectivity index is 1.11. The Morgan fingerprint density at radius 3 is 2.37 bits per heavy atom. The van der Waals surface area contributed by atoms with Crippen molar-refractivity contribution in [2.45, 2.75) is 71.1 Å². The first-order chi connectivity index (χ1) is 24.4. The summed E-state index contributed by atoms with van der Waals surface area (Å²) >= 11 is 0. The van der Waals surface area contributed by atoms with Crippen LogP contribution in [0, 0.1) is 30.1 Å². The number of carbonyl (C=O) groups is 2. The molecule has 1 aliphatic heterocycles. The van der Waals surface area contributed by atoms with Gasteiger partial charge in [0.05, 0.1) is 24.1 Å². The summed E-state index contributed by atoms with van der Waals surface area (Å²) in [6.07, 6.45) is 3.85. The van der Waals surface area contributed by atoms with E-state index in [9.17, 15) is 22.8 Å². The van der Waals surface area contributed by atoms with E-state index in [1.54, 1.807) is 29.2 Å². The van der Waals surface area contributed by atoms with Gasteiger partial charge in [-0.05, 0) is 72.6 Å². The average molecular weight is 700 g/mol. The summed E-state index contributed by atoms with van der Waals surface area (Å²) in [5.74, 6) is 3.78. The SMILES string of the molecule is C#CCN(CC(=O)Oc1ccc(-c2nc3ccccc3n2CC(=O)O[C@@H]2C[C@H](C)CCC2C(C)C)cc1)Cc1ccc(C2(C(F)(F)F)N=N2)cc1. The number of ether oxygens (including phenoxy) is 2. The third-order valence-corrected chi connectivity index (χ3v) is 9.66. The fourth-order valence-electron chi connectivity index (χ4n) is 6.90. The molecule has 1 saturated carbocycles. The van der Waals surface area contributed by atoms with Gasteiger partial charge in [0, 0.05) is 17.7 Å². The number of aromatic nitrogens is 2. The first-order valence-corrected chi connectivity index (χ1v) is 17.1. The van der Waals surface area contributed by atoms with Crippen molar-refractivity contribution in [1.82, 2.24) is 14.5 Å². The highest BCUT2D eigenvalue weighted by Crippen LogP contribution is 2.52. The average Bonchev–Trinajstić information content (AvgIpc) is 3.83. The molecule has 1 aliphatic carbocycles. The van der Waals surface area contributed by atoms with Crippen LogP contribution in [0.15, 0.2) is 83.0 Å². The van der Waals surface area contributed by atoms with Crippen LogP contribution in [0.1, 0.15) is 51.2 Å². The van der Waals surface area contributed by atoms with Crippen LogP contribution in [0.3, 0.4) is 0 Å². The van der Waals surface area contributed by atoms with Crippen molar-refractivity contribution in [2.75, 3.05) is 13.1 Å². The van der Waals surface area contributed by atoms with Gasteiger partial charge >= 0.3 is 23.8 Å². The molecule has 3 aromatic carbocycles. The molecule has 0 N–H and O–H groups in total. The molecule has 3 atom stereocenters. The first kappa shape index (κ1) is 35.8. The van der Waals surface area contributed by atoms with E-state index in [0.29, 0.717) is 34.9 Å². The predicted octanol–water partition coefficient (Wildman–Crippen LogP) is 7.93. The van der Waals surface area contributed by atoms with Gasteiger partial charge in [-0.1, -0.05) is 69.5 Å². The van der Waals surface area contributed by atoms with Crippen molar-refractivity contribution in [3.05, 3.63) is 83.9 Å². The Bertz CT molecular complexity index is 1940. The molecular weight excluding hydrogens is 659 g/mol. The Hall–Kier alpha value is -5.02. The number of imidazole rings is 1. The zero-order valence-electron chi connectivity index (χ0n) is 28.8. The molecular formula is C39H40F3N5O4. The normalized spacial score (nSPS) is 19.6. The van der Waals surface area contributed by atoms with Gasteiger partial charge < -0.3 is 14.0 Å². The minimum absolute atomic E-state index is 0.00386. The maximum absolute atomic E-state index is 13.4. The predicted molar refractivity (Wildman–Crippen MR) is 185 cm³/mol. The Labute approximate surface area is 294 Å². The zero-order chi connectivity index (χ0) is 36.3. The Kier molecular flexibility index (Phi) is 10.3. The van der Waals surface area contributed by atoms with Gasteiger partial charge in [-0.2, -0.15) is 13.2 Å². The minimum Gasteiger partial charge on any atom is -0.461 e. The van der Waals surface area contributed by atoms with Crippen molar-refractivity contribution in [3.8, 4) is 29.5 Å². The van der Waals surface area contributed by atoms with E-state index < -0.39 is 17.8 Å². The number of benzene rings is 3. The second-order valence-electron chi connectivity index (χ2n) is 13.8. The number of halogens is 3. The van der Waals surface area contributed by atoms with Gasteiger partial charge in [0.15, 0.2) is 0 Å². The van der Waals surface area contributed by atoms with Crippen molar-refractivity contribution in [1.29, 1.82) is 0 Å². The van der Waals surface area contributed by atoms with Crippen LogP contribution in [-0.2, 0) is 33.1 Å². The Morgan fingerprint density at radius 2 is 1.73 bits per heavy atom. The maximum atomic E-state index is 13.4. The van der Waals surface area contributed by atoms with Gasteiger partial charge in [-0.25, -0.2) is 4.98 Å². The largest absolute Gasteiger partial charge is 0.461 e. The molecule has 9 nitrogen and oxygen atoms in total. The lowest BCUT2D eigenvalue weighted by atomic mass is 9.75. The monoisotopic (exact) mass is 699 g/mol. The topological polar surface area (TPSA) is 98.4 Å². The summed E-state index contributed by atoms with van der Waals surface area (Å²) < 4.78 is 53.6. The fourth-order valence-corrected chi connectivity index (χ4v) is 6.90. The van der Waals surface area contributed by atoms with Crippen LogP contribution >= 0.6 is 0 Å². The molecule has 2 heterocycles. The second kappa shape index (κ2) is 14.7. The summed E-state index contributed by atoms with van der Waals surface area (Å²) in [5.41, 5.74) is 0.355. The Morgan fingerprint density at radius 1 is 1.02 bits per heavy atom. The van der Waals surface area contributed by atoms with E-state index in [1.165, 1.54) is 24.3 Å². The van der Waals surface area contributed by atoms with Crippen LogP contribution in [0.2, 0.25) is 0 Å². The lowest BCUT2D eigenvalue weighted by Gasteiger charge is -2.36. The van der Waals surface area contributed by atoms with Crippen molar-refractivity contribution in [3.63, 3.8) is 0 Å². The van der Waals surface area contributed by atoms with Gasteiger partial charge in [0.25, 0.3) is 0 Å². The van der Waals surface area contributed by atoms with Crippen LogP contribution in [0.4, 0.5) is 13.2 Å². The van der Waals surface area contributed by atoms with Crippen LogP contribution in [0.25, 0.3) is 22.4 Å². The zero-order valence-corrected chi connectivity index (χ0v) is 28.8. The number of fused-ring (bicyclic) bond motifs is 1. The molecule has 1 fully saturated rings. The lowest BCUT2D eigenvalue weighted by molar-refractivity contribution is -0.166. The standard InChI is InChI=1S/C39H40F3N5O4/c1-5-20-46(22-27-11-15-29(16-12-27)38(44-45-38)39(40,41)42)23-35(48)50-30-17-13-28(14-18-30)37-43-32-8-6-7-9-33(32)47(37)24-36(49)51-34-21-26(4)10-19-31(34)25(2)3/h1,6-9,11-18,25-26,31,34H,10,19-24H2,2-4H3/t26-,31?,34-/m1/s1. The van der Waals surface area contributed by atoms with Gasteiger partial charge in [-0.3, -0.25) is 14.5 Å². The van der Waals surface area contributed by atoms with Crippen molar-refractivity contribution in [2.24, 2.45) is 28.0 Å². The number of terminal acetylenes is 1. The van der Waals surface area contributed by atoms with Crippen LogP contribution in [-0.4, -0.2) is 51.8 Å². The highest BCUT2D eigenvalue weighted by Gasteiger charge is 2.65. The molecule has 2 aliphatic rings. The van der Waals surface area contributed by atoms with E-state index >= 15 is 0 Å². The molecule has 1 unspecified atom stereocenters. The maximum Gasteiger partial charge on any atom is 0.442 e. The van der Waals surface area contributed by atoms with Crippen molar-refractivity contribution < 1.29 is 32.2 Å². The van der Waals surface area contributed by atoms with Crippen LogP contribution < -0.4 is 4.74 Å². The van der Waals surface area contributed by atoms with E-state index in [4.69, 9.17) is 20.9 Å². The van der Waals surface area contributed by atoms with E-state index in [2.05, 4.69) is 36.9 Å². The number of rotatable bonds is 12. The van der Waals surface area contributed by atoms with Crippen LogP contribution in [0.5, 0.6) is 5.75 Å². The van der Waals surface area contributed by atoms with E-state index in [1.807, 2.05) is 28.8 Å². The molecule has 0 bridgehead atoms. The number of hydrogen-bond donors (Lipinski definition) is 0. The molecule has 12 heteroatoms. The van der Waals surface area contributed by atoms with Gasteiger partial charge in [0.2, 0.25) is 0 Å². The van der Waals surface area contributed by atoms with Gasteiger partial charge in [0.1, 0.15) is 24.2 Å². The molecule has 0 amide bonds. The summed E-state index contributed by atoms with van der Waals surface area (Å²) in [5, 5.41) is 6.46. The molecule has 266 valence electrons. The minimum atomic E-state index is -4.61. The van der Waals surface area contributed by atoms with E-state index in [-0.39, 0.29) is 43.8 Å². The summed E-state index contributed by atoms with van der Waals surface area (Å²) in [6, 6.07) is 20.2. The number of para-hydroxylation sites is 2. The molecule has 4 aromatic rings. The third-order valence-electron chi connectivity index (χ3n) is 9.66. The fraction of sp³-hybridized carbons (Fsp3) is 0.410.